The highest BCUT2D eigenvalue weighted by Crippen LogP contribution is 2.13. The van der Waals surface area contributed by atoms with E-state index in [9.17, 15) is 14.7 Å². The van der Waals surface area contributed by atoms with Gasteiger partial charge in [-0.05, 0) is 37.0 Å². The molecule has 0 fully saturated rings. The fraction of sp³-hybridized carbons (Fsp3) is 0.529. The number of amides is 2. The molecule has 0 aromatic heterocycles. The van der Waals surface area contributed by atoms with E-state index in [-0.39, 0.29) is 12.3 Å². The zero-order valence-electron chi connectivity index (χ0n) is 14.3. The Balaban J connectivity index is 2.91. The van der Waals surface area contributed by atoms with Gasteiger partial charge in [0.2, 0.25) is 5.91 Å². The third-order valence-electron chi connectivity index (χ3n) is 3.72. The number of aliphatic hydroxyl groups is 1. The number of nitrogens with two attached hydrogens (primary N) is 1. The van der Waals surface area contributed by atoms with Crippen LogP contribution in [0.1, 0.15) is 26.3 Å². The Bertz CT molecular complexity index is 549. The van der Waals surface area contributed by atoms with Gasteiger partial charge in [0.1, 0.15) is 0 Å². The lowest BCUT2D eigenvalue weighted by Gasteiger charge is -2.26. The Kier molecular flexibility index (Phi) is 8.18. The predicted molar refractivity (Wildman–Crippen MR) is 94.6 cm³/mol. The van der Waals surface area contributed by atoms with Crippen LogP contribution < -0.4 is 16.4 Å². The fourth-order valence-electron chi connectivity index (χ4n) is 2.16. The third-order valence-corrected chi connectivity index (χ3v) is 3.97. The molecule has 134 valence electrons. The van der Waals surface area contributed by atoms with Crippen molar-refractivity contribution in [1.82, 2.24) is 10.6 Å². The maximum absolute atomic E-state index is 12.2. The number of hydrogen-bond acceptors (Lipinski definition) is 4. The van der Waals surface area contributed by atoms with E-state index in [1.807, 2.05) is 13.8 Å². The van der Waals surface area contributed by atoms with Crippen molar-refractivity contribution < 1.29 is 14.7 Å². The molecule has 1 rings (SSSR count). The number of rotatable bonds is 8. The Hall–Kier alpha value is -1.63. The molecule has 0 radical (unpaired) electrons. The Morgan fingerprint density at radius 1 is 1.21 bits per heavy atom. The Labute approximate surface area is 147 Å². The molecule has 0 heterocycles. The summed E-state index contributed by atoms with van der Waals surface area (Å²) in [6.07, 6.45) is -1.09. The summed E-state index contributed by atoms with van der Waals surface area (Å²) >= 11 is 5.86. The molecule has 0 bridgehead atoms. The van der Waals surface area contributed by atoms with Gasteiger partial charge >= 0.3 is 0 Å². The third kappa shape index (κ3) is 6.11. The van der Waals surface area contributed by atoms with Crippen LogP contribution in [0.4, 0.5) is 0 Å². The molecule has 0 spiro atoms. The Morgan fingerprint density at radius 3 is 2.29 bits per heavy atom. The van der Waals surface area contributed by atoms with Crippen LogP contribution in [-0.2, 0) is 16.0 Å². The molecule has 1 aromatic rings. The summed E-state index contributed by atoms with van der Waals surface area (Å²) < 4.78 is 0. The topological polar surface area (TPSA) is 104 Å². The summed E-state index contributed by atoms with van der Waals surface area (Å²) in [6.45, 7) is 5.81. The average Bonchev–Trinajstić information content (AvgIpc) is 2.54. The number of carbonyl (C=O) groups excluding carboxylic acids is 2. The minimum absolute atomic E-state index is 0.0530. The predicted octanol–water partition coefficient (Wildman–Crippen LogP) is 0.848. The van der Waals surface area contributed by atoms with E-state index in [0.717, 1.165) is 5.56 Å². The maximum Gasteiger partial charge on any atom is 0.250 e. The molecule has 0 aliphatic carbocycles. The second-order valence-electron chi connectivity index (χ2n) is 6.05. The second-order valence-corrected chi connectivity index (χ2v) is 6.49. The van der Waals surface area contributed by atoms with E-state index >= 15 is 0 Å². The normalized spacial score (nSPS) is 14.8. The number of aliphatic hydroxyl groups excluding tert-OH is 1. The molecule has 2 amide bonds. The van der Waals surface area contributed by atoms with Gasteiger partial charge < -0.3 is 21.5 Å². The zero-order chi connectivity index (χ0) is 18.3. The van der Waals surface area contributed by atoms with E-state index in [4.69, 9.17) is 17.3 Å². The van der Waals surface area contributed by atoms with Gasteiger partial charge in [0, 0.05) is 11.6 Å². The largest absolute Gasteiger partial charge is 0.381 e. The molecule has 1 aromatic carbocycles. The van der Waals surface area contributed by atoms with Gasteiger partial charge in [0.25, 0.3) is 5.91 Å². The van der Waals surface area contributed by atoms with Gasteiger partial charge in [-0.2, -0.15) is 0 Å². The van der Waals surface area contributed by atoms with Crippen molar-refractivity contribution in [2.45, 2.75) is 45.4 Å². The minimum atomic E-state index is -1.37. The summed E-state index contributed by atoms with van der Waals surface area (Å²) in [6, 6.07) is 5.51. The van der Waals surface area contributed by atoms with Crippen LogP contribution >= 0.6 is 11.6 Å². The zero-order valence-corrected chi connectivity index (χ0v) is 15.0. The SMILES string of the molecule is CCNC(=O)C(O)[C@H](Cc1ccc(Cl)cc1)NC(=O)[C@@H](N)C(C)C. The van der Waals surface area contributed by atoms with Crippen LogP contribution in [0.3, 0.4) is 0 Å². The van der Waals surface area contributed by atoms with Crippen LogP contribution in [0.2, 0.25) is 5.02 Å². The van der Waals surface area contributed by atoms with E-state index in [0.29, 0.717) is 11.6 Å². The monoisotopic (exact) mass is 355 g/mol. The molecular formula is C17H26ClN3O3. The lowest BCUT2D eigenvalue weighted by Crippen LogP contribution is -2.55. The summed E-state index contributed by atoms with van der Waals surface area (Å²) in [5.41, 5.74) is 6.68. The van der Waals surface area contributed by atoms with Crippen molar-refractivity contribution in [3.63, 3.8) is 0 Å². The van der Waals surface area contributed by atoms with E-state index in [1.165, 1.54) is 0 Å². The van der Waals surface area contributed by atoms with Gasteiger partial charge in [-0.15, -0.1) is 0 Å². The molecular weight excluding hydrogens is 330 g/mol. The van der Waals surface area contributed by atoms with Crippen molar-refractivity contribution in [2.75, 3.05) is 6.54 Å². The quantitative estimate of drug-likeness (QED) is 0.554. The number of carbonyl (C=O) groups is 2. The number of likely N-dealkylation sites (N-methyl/N-ethyl adjacent to an activating group) is 1. The van der Waals surface area contributed by atoms with E-state index < -0.39 is 30.0 Å². The molecule has 3 atom stereocenters. The highest BCUT2D eigenvalue weighted by atomic mass is 35.5. The Morgan fingerprint density at radius 2 is 1.79 bits per heavy atom. The lowest BCUT2D eigenvalue weighted by molar-refractivity contribution is -0.132. The summed E-state index contributed by atoms with van der Waals surface area (Å²) in [5, 5.41) is 16.1. The average molecular weight is 356 g/mol. The van der Waals surface area contributed by atoms with Crippen LogP contribution in [0.25, 0.3) is 0 Å². The first-order valence-corrected chi connectivity index (χ1v) is 8.40. The highest BCUT2D eigenvalue weighted by Gasteiger charge is 2.29. The standard InChI is InChI=1S/C17H26ClN3O3/c1-4-20-17(24)15(22)13(21-16(23)14(19)10(2)3)9-11-5-7-12(18)8-6-11/h5-8,10,13-15,22H,4,9,19H2,1-3H3,(H,20,24)(H,21,23)/t13-,14-,15?/m0/s1. The number of hydrogen-bond donors (Lipinski definition) is 4. The highest BCUT2D eigenvalue weighted by molar-refractivity contribution is 6.30. The number of nitrogens with one attached hydrogen (secondary N) is 2. The summed E-state index contributed by atoms with van der Waals surface area (Å²) in [5.74, 6) is -0.981. The van der Waals surface area contributed by atoms with Crippen molar-refractivity contribution in [2.24, 2.45) is 11.7 Å². The molecule has 7 heteroatoms. The molecule has 0 saturated heterocycles. The first kappa shape index (κ1) is 20.4. The molecule has 5 N–H and O–H groups in total. The van der Waals surface area contributed by atoms with Crippen LogP contribution in [0.15, 0.2) is 24.3 Å². The first-order valence-electron chi connectivity index (χ1n) is 8.02. The van der Waals surface area contributed by atoms with Crippen molar-refractivity contribution in [3.8, 4) is 0 Å². The van der Waals surface area contributed by atoms with Crippen molar-refractivity contribution in [1.29, 1.82) is 0 Å². The van der Waals surface area contributed by atoms with Crippen molar-refractivity contribution in [3.05, 3.63) is 34.9 Å². The minimum Gasteiger partial charge on any atom is -0.381 e. The number of halogens is 1. The fourth-order valence-corrected chi connectivity index (χ4v) is 2.29. The van der Waals surface area contributed by atoms with Crippen LogP contribution in [0.5, 0.6) is 0 Å². The van der Waals surface area contributed by atoms with Gasteiger partial charge in [0.05, 0.1) is 12.1 Å². The summed E-state index contributed by atoms with van der Waals surface area (Å²) in [7, 11) is 0. The van der Waals surface area contributed by atoms with E-state index in [1.54, 1.807) is 31.2 Å². The molecule has 6 nitrogen and oxygen atoms in total. The smallest absolute Gasteiger partial charge is 0.250 e. The second kappa shape index (κ2) is 9.61. The molecule has 0 saturated carbocycles. The number of benzene rings is 1. The molecule has 24 heavy (non-hydrogen) atoms. The first-order chi connectivity index (χ1) is 11.3. The van der Waals surface area contributed by atoms with E-state index in [2.05, 4.69) is 10.6 Å². The lowest BCUT2D eigenvalue weighted by atomic mass is 9.98. The van der Waals surface area contributed by atoms with Gasteiger partial charge in [-0.3, -0.25) is 9.59 Å². The maximum atomic E-state index is 12.2. The van der Waals surface area contributed by atoms with Crippen LogP contribution in [0, 0.1) is 5.92 Å². The molecule has 0 aliphatic rings. The van der Waals surface area contributed by atoms with Crippen LogP contribution in [-0.4, -0.2) is 41.7 Å². The molecule has 0 aliphatic heterocycles. The van der Waals surface area contributed by atoms with Gasteiger partial charge in [-0.25, -0.2) is 0 Å². The van der Waals surface area contributed by atoms with Gasteiger partial charge in [0.15, 0.2) is 6.10 Å². The summed E-state index contributed by atoms with van der Waals surface area (Å²) in [4.78, 5) is 24.2. The molecule has 1 unspecified atom stereocenters. The van der Waals surface area contributed by atoms with Gasteiger partial charge in [-0.1, -0.05) is 37.6 Å². The van der Waals surface area contributed by atoms with Crippen molar-refractivity contribution >= 4 is 23.4 Å².